The summed E-state index contributed by atoms with van der Waals surface area (Å²) in [6.07, 6.45) is 0. The second-order valence-electron chi connectivity index (χ2n) is 4.95. The lowest BCUT2D eigenvalue weighted by molar-refractivity contribution is 0.0867. The summed E-state index contributed by atoms with van der Waals surface area (Å²) in [5.74, 6) is -10.6. The minimum atomic E-state index is -2.49. The minimum Gasteiger partial charge on any atom is -0.493 e. The van der Waals surface area contributed by atoms with Gasteiger partial charge in [0.15, 0.2) is 23.3 Å². The largest absolute Gasteiger partial charge is 0.493 e. The third-order valence-electron chi connectivity index (χ3n) is 3.41. The molecule has 0 amide bonds. The molecule has 0 aliphatic carbocycles. The standard InChI is InChI=1S/C16H13F5O2/c1-3-23-9-7-5-4-6-8(9)16(2,22)10-11(17)13(19)15(21)14(20)12(10)18/h4-7,22H,3H2,1-2H3. The summed E-state index contributed by atoms with van der Waals surface area (Å²) in [4.78, 5) is 0. The Morgan fingerprint density at radius 3 is 1.91 bits per heavy atom. The molecule has 124 valence electrons. The molecule has 2 aromatic rings. The summed E-state index contributed by atoms with van der Waals surface area (Å²) < 4.78 is 73.1. The van der Waals surface area contributed by atoms with Crippen molar-refractivity contribution in [1.29, 1.82) is 0 Å². The van der Waals surface area contributed by atoms with Gasteiger partial charge in [-0.3, -0.25) is 0 Å². The van der Waals surface area contributed by atoms with Crippen LogP contribution < -0.4 is 4.74 Å². The summed E-state index contributed by atoms with van der Waals surface area (Å²) in [5, 5.41) is 10.6. The van der Waals surface area contributed by atoms with Crippen molar-refractivity contribution < 1.29 is 31.8 Å². The van der Waals surface area contributed by atoms with Crippen LogP contribution in [0.15, 0.2) is 24.3 Å². The number of rotatable bonds is 4. The van der Waals surface area contributed by atoms with Crippen LogP contribution in [0, 0.1) is 29.1 Å². The van der Waals surface area contributed by atoms with Crippen LogP contribution in [-0.4, -0.2) is 11.7 Å². The van der Waals surface area contributed by atoms with Gasteiger partial charge >= 0.3 is 0 Å². The third kappa shape index (κ3) is 2.76. The summed E-state index contributed by atoms with van der Waals surface area (Å²) >= 11 is 0. The van der Waals surface area contributed by atoms with Crippen LogP contribution in [0.4, 0.5) is 22.0 Å². The SMILES string of the molecule is CCOc1ccccc1C(C)(O)c1c(F)c(F)c(F)c(F)c1F. The van der Waals surface area contributed by atoms with Crippen LogP contribution in [-0.2, 0) is 5.60 Å². The van der Waals surface area contributed by atoms with Crippen molar-refractivity contribution >= 4 is 0 Å². The van der Waals surface area contributed by atoms with Crippen molar-refractivity contribution in [2.75, 3.05) is 6.61 Å². The maximum Gasteiger partial charge on any atom is 0.200 e. The predicted molar refractivity (Wildman–Crippen MR) is 72.5 cm³/mol. The highest BCUT2D eigenvalue weighted by atomic mass is 19.2. The van der Waals surface area contributed by atoms with E-state index < -0.39 is 40.3 Å². The molecule has 2 aromatic carbocycles. The average Bonchev–Trinajstić information content (AvgIpc) is 2.52. The molecule has 2 rings (SSSR count). The molecule has 0 radical (unpaired) electrons. The fourth-order valence-corrected chi connectivity index (χ4v) is 2.32. The molecule has 0 bridgehead atoms. The van der Waals surface area contributed by atoms with Gasteiger partial charge in [-0.15, -0.1) is 0 Å². The Hall–Kier alpha value is -2.15. The Kier molecular flexibility index (Phi) is 4.61. The number of ether oxygens (including phenoxy) is 1. The van der Waals surface area contributed by atoms with Crippen molar-refractivity contribution in [2.45, 2.75) is 19.4 Å². The van der Waals surface area contributed by atoms with Gasteiger partial charge in [-0.1, -0.05) is 18.2 Å². The van der Waals surface area contributed by atoms with Gasteiger partial charge in [-0.25, -0.2) is 22.0 Å². The van der Waals surface area contributed by atoms with Gasteiger partial charge in [0.2, 0.25) is 5.82 Å². The molecule has 0 saturated carbocycles. The Bertz CT molecular complexity index is 714. The van der Waals surface area contributed by atoms with Gasteiger partial charge in [0, 0.05) is 5.56 Å². The van der Waals surface area contributed by atoms with Gasteiger partial charge in [0.1, 0.15) is 11.4 Å². The highest BCUT2D eigenvalue weighted by molar-refractivity contribution is 5.45. The first-order valence-corrected chi connectivity index (χ1v) is 6.70. The van der Waals surface area contributed by atoms with Gasteiger partial charge in [-0.05, 0) is 19.9 Å². The number of aliphatic hydroxyl groups is 1. The Morgan fingerprint density at radius 1 is 0.913 bits per heavy atom. The molecule has 23 heavy (non-hydrogen) atoms. The van der Waals surface area contributed by atoms with E-state index in [0.29, 0.717) is 0 Å². The molecule has 2 nitrogen and oxygen atoms in total. The normalized spacial score (nSPS) is 13.7. The van der Waals surface area contributed by atoms with Crippen molar-refractivity contribution in [3.63, 3.8) is 0 Å². The highest BCUT2D eigenvalue weighted by Gasteiger charge is 2.39. The lowest BCUT2D eigenvalue weighted by Crippen LogP contribution is -2.28. The average molecular weight is 332 g/mol. The minimum absolute atomic E-state index is 0.0731. The third-order valence-corrected chi connectivity index (χ3v) is 3.41. The molecule has 0 aliphatic rings. The molecule has 0 aliphatic heterocycles. The molecule has 0 fully saturated rings. The summed E-state index contributed by atoms with van der Waals surface area (Å²) in [7, 11) is 0. The molecule has 0 saturated heterocycles. The van der Waals surface area contributed by atoms with E-state index in [1.807, 2.05) is 0 Å². The topological polar surface area (TPSA) is 29.5 Å². The fraction of sp³-hybridized carbons (Fsp3) is 0.250. The molecule has 1 unspecified atom stereocenters. The summed E-state index contributed by atoms with van der Waals surface area (Å²) in [6, 6.07) is 5.68. The van der Waals surface area contributed by atoms with E-state index in [0.717, 1.165) is 6.92 Å². The maximum absolute atomic E-state index is 14.0. The van der Waals surface area contributed by atoms with E-state index in [2.05, 4.69) is 0 Å². The number of halogens is 5. The lowest BCUT2D eigenvalue weighted by atomic mass is 9.86. The predicted octanol–water partition coefficient (Wildman–Crippen LogP) is 4.04. The molecule has 0 aromatic heterocycles. The number of para-hydroxylation sites is 1. The zero-order valence-corrected chi connectivity index (χ0v) is 12.3. The summed E-state index contributed by atoms with van der Waals surface area (Å²) in [5.41, 5.74) is -3.94. The molecular weight excluding hydrogens is 319 g/mol. The van der Waals surface area contributed by atoms with Gasteiger partial charge in [0.05, 0.1) is 12.2 Å². The van der Waals surface area contributed by atoms with E-state index >= 15 is 0 Å². The smallest absolute Gasteiger partial charge is 0.200 e. The quantitative estimate of drug-likeness (QED) is 0.520. The Morgan fingerprint density at radius 2 is 1.39 bits per heavy atom. The van der Waals surface area contributed by atoms with Gasteiger partial charge < -0.3 is 9.84 Å². The van der Waals surface area contributed by atoms with Gasteiger partial charge in [0.25, 0.3) is 0 Å². The maximum atomic E-state index is 14.0. The molecule has 0 heterocycles. The molecule has 1 N–H and O–H groups in total. The van der Waals surface area contributed by atoms with Crippen LogP contribution in [0.1, 0.15) is 25.0 Å². The van der Waals surface area contributed by atoms with Gasteiger partial charge in [-0.2, -0.15) is 0 Å². The highest BCUT2D eigenvalue weighted by Crippen LogP contribution is 2.39. The van der Waals surface area contributed by atoms with E-state index in [4.69, 9.17) is 4.74 Å². The van der Waals surface area contributed by atoms with Crippen LogP contribution in [0.3, 0.4) is 0 Å². The molecular formula is C16H13F5O2. The van der Waals surface area contributed by atoms with Crippen LogP contribution in [0.25, 0.3) is 0 Å². The molecule has 1 atom stereocenters. The fourth-order valence-electron chi connectivity index (χ4n) is 2.32. The monoisotopic (exact) mass is 332 g/mol. The second-order valence-corrected chi connectivity index (χ2v) is 4.95. The Labute approximate surface area is 129 Å². The van der Waals surface area contributed by atoms with Crippen molar-refractivity contribution in [3.05, 3.63) is 64.5 Å². The molecule has 7 heteroatoms. The number of hydrogen-bond donors (Lipinski definition) is 1. The zero-order valence-electron chi connectivity index (χ0n) is 12.3. The van der Waals surface area contributed by atoms with Crippen molar-refractivity contribution in [1.82, 2.24) is 0 Å². The van der Waals surface area contributed by atoms with E-state index in [1.54, 1.807) is 13.0 Å². The lowest BCUT2D eigenvalue weighted by Gasteiger charge is -2.27. The number of benzene rings is 2. The zero-order chi connectivity index (χ0) is 17.4. The first-order chi connectivity index (χ1) is 10.7. The summed E-state index contributed by atoms with van der Waals surface area (Å²) in [6.45, 7) is 2.76. The van der Waals surface area contributed by atoms with Crippen molar-refractivity contribution in [2.24, 2.45) is 0 Å². The first-order valence-electron chi connectivity index (χ1n) is 6.70. The van der Waals surface area contributed by atoms with E-state index in [9.17, 15) is 27.1 Å². The van der Waals surface area contributed by atoms with E-state index in [1.165, 1.54) is 18.2 Å². The van der Waals surface area contributed by atoms with Crippen LogP contribution in [0.5, 0.6) is 5.75 Å². The molecule has 0 spiro atoms. The van der Waals surface area contributed by atoms with Crippen molar-refractivity contribution in [3.8, 4) is 5.75 Å². The van der Waals surface area contributed by atoms with Crippen LogP contribution in [0.2, 0.25) is 0 Å². The van der Waals surface area contributed by atoms with Crippen LogP contribution >= 0.6 is 0 Å². The number of hydrogen-bond acceptors (Lipinski definition) is 2. The second kappa shape index (κ2) is 6.16. The van der Waals surface area contributed by atoms with E-state index in [-0.39, 0.29) is 17.9 Å². The first kappa shape index (κ1) is 17.2. The Balaban J connectivity index is 2.75.